The minimum Gasteiger partial charge on any atom is -0.212 e. The summed E-state index contributed by atoms with van der Waals surface area (Å²) in [4.78, 5) is 0. The number of hydrogen-bond donors (Lipinski definition) is 0. The maximum atomic E-state index is 11.7. The van der Waals surface area contributed by atoms with Crippen molar-refractivity contribution in [3.8, 4) is 0 Å². The fourth-order valence-electron chi connectivity index (χ4n) is 1.60. The number of rotatable bonds is 4. The molecule has 0 atom stereocenters. The van der Waals surface area contributed by atoms with E-state index >= 15 is 0 Å². The van der Waals surface area contributed by atoms with Crippen molar-refractivity contribution in [3.05, 3.63) is 0 Å². The molecule has 0 bridgehead atoms. The number of nitrogens with zero attached hydrogens (tertiary/aromatic N) is 1. The van der Waals surface area contributed by atoms with Gasteiger partial charge in [0.1, 0.15) is 0 Å². The van der Waals surface area contributed by atoms with Crippen LogP contribution in [0, 0.1) is 0 Å². The fourth-order valence-corrected chi connectivity index (χ4v) is 3.33. The minimum atomic E-state index is -2.91. The predicted molar refractivity (Wildman–Crippen MR) is 54.1 cm³/mol. The summed E-state index contributed by atoms with van der Waals surface area (Å²) in [6, 6.07) is 0. The van der Waals surface area contributed by atoms with Crippen molar-refractivity contribution < 1.29 is 8.42 Å². The molecule has 3 nitrogen and oxygen atoms in total. The molecule has 1 aliphatic rings. The molecule has 1 saturated heterocycles. The highest BCUT2D eigenvalue weighted by Gasteiger charge is 2.22. The first-order chi connectivity index (χ1) is 6.17. The Balaban J connectivity index is 2.47. The zero-order chi connectivity index (χ0) is 9.73. The molecule has 0 spiro atoms. The first kappa shape index (κ1) is 11.0. The third-order valence-corrected chi connectivity index (χ3v) is 4.42. The Morgan fingerprint density at radius 2 is 1.77 bits per heavy atom. The Kier molecular flexibility index (Phi) is 4.19. The topological polar surface area (TPSA) is 37.4 Å². The van der Waals surface area contributed by atoms with Gasteiger partial charge in [-0.15, -0.1) is 0 Å². The van der Waals surface area contributed by atoms with E-state index in [1.807, 2.05) is 6.92 Å². The molecule has 78 valence electrons. The standard InChI is InChI=1S/C9H19NO2S/c1-2-3-9-13(11,12)10-7-5-4-6-8-10/h2-9H2,1H3. The molecule has 0 aromatic carbocycles. The van der Waals surface area contributed by atoms with Gasteiger partial charge in [-0.05, 0) is 19.3 Å². The highest BCUT2D eigenvalue weighted by Crippen LogP contribution is 2.14. The largest absolute Gasteiger partial charge is 0.214 e. The number of unbranched alkanes of at least 4 members (excludes halogenated alkanes) is 1. The molecule has 0 radical (unpaired) electrons. The van der Waals surface area contributed by atoms with E-state index in [2.05, 4.69) is 0 Å². The average Bonchev–Trinajstić information content (AvgIpc) is 2.16. The van der Waals surface area contributed by atoms with Gasteiger partial charge in [-0.3, -0.25) is 0 Å². The van der Waals surface area contributed by atoms with E-state index < -0.39 is 10.0 Å². The van der Waals surface area contributed by atoms with Crippen LogP contribution in [0.1, 0.15) is 39.0 Å². The summed E-state index contributed by atoms with van der Waals surface area (Å²) in [5.41, 5.74) is 0. The lowest BCUT2D eigenvalue weighted by Gasteiger charge is -2.25. The molecule has 4 heteroatoms. The van der Waals surface area contributed by atoms with Gasteiger partial charge in [0.2, 0.25) is 10.0 Å². The number of hydrogen-bond acceptors (Lipinski definition) is 2. The predicted octanol–water partition coefficient (Wildman–Crippen LogP) is 1.60. The first-order valence-corrected chi connectivity index (χ1v) is 6.75. The summed E-state index contributed by atoms with van der Waals surface area (Å²) in [5, 5.41) is 0. The molecule has 0 aromatic heterocycles. The van der Waals surface area contributed by atoms with Crippen LogP contribution in [0.3, 0.4) is 0 Å². The SMILES string of the molecule is CCCCS(=O)(=O)N1CCCCC1. The zero-order valence-corrected chi connectivity index (χ0v) is 9.15. The van der Waals surface area contributed by atoms with Gasteiger partial charge in [0.25, 0.3) is 0 Å². The average molecular weight is 205 g/mol. The molecule has 1 heterocycles. The number of piperidine rings is 1. The van der Waals surface area contributed by atoms with Gasteiger partial charge in [0.05, 0.1) is 5.75 Å². The summed E-state index contributed by atoms with van der Waals surface area (Å²) in [7, 11) is -2.91. The molecule has 13 heavy (non-hydrogen) atoms. The molecule has 0 amide bonds. The minimum absolute atomic E-state index is 0.337. The van der Waals surface area contributed by atoms with E-state index in [0.29, 0.717) is 5.75 Å². The van der Waals surface area contributed by atoms with Gasteiger partial charge in [-0.25, -0.2) is 12.7 Å². The Hall–Kier alpha value is -0.0900. The molecular formula is C9H19NO2S. The zero-order valence-electron chi connectivity index (χ0n) is 8.33. The van der Waals surface area contributed by atoms with Crippen LogP contribution in [0.2, 0.25) is 0 Å². The highest BCUT2D eigenvalue weighted by atomic mass is 32.2. The Bertz CT molecular complexity index is 230. The third kappa shape index (κ3) is 3.27. The van der Waals surface area contributed by atoms with E-state index in [4.69, 9.17) is 0 Å². The van der Waals surface area contributed by atoms with Crippen LogP contribution in [-0.2, 0) is 10.0 Å². The normalized spacial score (nSPS) is 20.4. The van der Waals surface area contributed by atoms with Crippen molar-refractivity contribution >= 4 is 10.0 Å². The second-order valence-corrected chi connectivity index (χ2v) is 5.72. The van der Waals surface area contributed by atoms with Gasteiger partial charge >= 0.3 is 0 Å². The maximum Gasteiger partial charge on any atom is 0.214 e. The van der Waals surface area contributed by atoms with Gasteiger partial charge in [0, 0.05) is 13.1 Å². The summed E-state index contributed by atoms with van der Waals surface area (Å²) in [5.74, 6) is 0.337. The smallest absolute Gasteiger partial charge is 0.212 e. The van der Waals surface area contributed by atoms with Gasteiger partial charge in [-0.1, -0.05) is 19.8 Å². The molecule has 0 unspecified atom stereocenters. The van der Waals surface area contributed by atoms with Crippen LogP contribution in [-0.4, -0.2) is 31.6 Å². The molecule has 0 N–H and O–H groups in total. The lowest BCUT2D eigenvalue weighted by atomic mass is 10.2. The highest BCUT2D eigenvalue weighted by molar-refractivity contribution is 7.89. The second-order valence-electron chi connectivity index (χ2n) is 3.63. The van der Waals surface area contributed by atoms with E-state index in [-0.39, 0.29) is 0 Å². The molecule has 1 fully saturated rings. The van der Waals surface area contributed by atoms with Crippen molar-refractivity contribution in [1.29, 1.82) is 0 Å². The van der Waals surface area contributed by atoms with E-state index in [1.54, 1.807) is 4.31 Å². The first-order valence-electron chi connectivity index (χ1n) is 5.14. The second kappa shape index (κ2) is 4.96. The van der Waals surface area contributed by atoms with Crippen LogP contribution < -0.4 is 0 Å². The van der Waals surface area contributed by atoms with Gasteiger partial charge in [-0.2, -0.15) is 0 Å². The van der Waals surface area contributed by atoms with Crippen LogP contribution in [0.15, 0.2) is 0 Å². The Morgan fingerprint density at radius 1 is 1.15 bits per heavy atom. The van der Waals surface area contributed by atoms with Gasteiger partial charge in [0.15, 0.2) is 0 Å². The van der Waals surface area contributed by atoms with Crippen molar-refractivity contribution in [2.45, 2.75) is 39.0 Å². The maximum absolute atomic E-state index is 11.7. The quantitative estimate of drug-likeness (QED) is 0.699. The lowest BCUT2D eigenvalue weighted by Crippen LogP contribution is -2.37. The van der Waals surface area contributed by atoms with Crippen LogP contribution in [0.5, 0.6) is 0 Å². The lowest BCUT2D eigenvalue weighted by molar-refractivity contribution is 0.346. The van der Waals surface area contributed by atoms with Crippen LogP contribution in [0.25, 0.3) is 0 Å². The van der Waals surface area contributed by atoms with E-state index in [9.17, 15) is 8.42 Å². The van der Waals surface area contributed by atoms with Crippen molar-refractivity contribution in [2.24, 2.45) is 0 Å². The number of sulfonamides is 1. The summed E-state index contributed by atoms with van der Waals surface area (Å²) >= 11 is 0. The van der Waals surface area contributed by atoms with Crippen LogP contribution in [0.4, 0.5) is 0 Å². The molecule has 0 saturated carbocycles. The fraction of sp³-hybridized carbons (Fsp3) is 1.00. The molecule has 1 rings (SSSR count). The van der Waals surface area contributed by atoms with Crippen LogP contribution >= 0.6 is 0 Å². The van der Waals surface area contributed by atoms with Crippen molar-refractivity contribution in [2.75, 3.05) is 18.8 Å². The summed E-state index contributed by atoms with van der Waals surface area (Å²) < 4.78 is 25.0. The van der Waals surface area contributed by atoms with E-state index in [0.717, 1.165) is 38.8 Å². The third-order valence-electron chi connectivity index (χ3n) is 2.46. The molecule has 0 aliphatic carbocycles. The Morgan fingerprint density at radius 3 is 2.31 bits per heavy atom. The molecule has 0 aromatic rings. The van der Waals surface area contributed by atoms with Crippen molar-refractivity contribution in [3.63, 3.8) is 0 Å². The van der Waals surface area contributed by atoms with Gasteiger partial charge < -0.3 is 0 Å². The van der Waals surface area contributed by atoms with Crippen molar-refractivity contribution in [1.82, 2.24) is 4.31 Å². The summed E-state index contributed by atoms with van der Waals surface area (Å²) in [6.07, 6.45) is 4.99. The molecular weight excluding hydrogens is 186 g/mol. The van der Waals surface area contributed by atoms with E-state index in [1.165, 1.54) is 6.42 Å². The Labute approximate surface area is 81.2 Å². The monoisotopic (exact) mass is 205 g/mol. The molecule has 1 aliphatic heterocycles. The summed E-state index contributed by atoms with van der Waals surface area (Å²) in [6.45, 7) is 3.50.